The molecule has 1 rings (SSSR count). The molecule has 0 amide bonds. The zero-order valence-electron chi connectivity index (χ0n) is 10.1. The zero-order chi connectivity index (χ0) is 12.8. The maximum atomic E-state index is 10.7. The lowest BCUT2D eigenvalue weighted by atomic mass is 10.1. The lowest BCUT2D eigenvalue weighted by Gasteiger charge is -2.17. The van der Waals surface area contributed by atoms with Gasteiger partial charge in [0.25, 0.3) is 0 Å². The number of carboxylic acids is 1. The van der Waals surface area contributed by atoms with Crippen LogP contribution in [0.5, 0.6) is 0 Å². The van der Waals surface area contributed by atoms with Gasteiger partial charge >= 0.3 is 5.97 Å². The molecule has 1 heterocycles. The molecule has 5 heteroatoms. The van der Waals surface area contributed by atoms with Crippen LogP contribution in [0.15, 0.2) is 15.9 Å². The fraction of sp³-hybridized carbons (Fsp3) is 0.583. The molecule has 1 unspecified atom stereocenters. The SMILES string of the molecule is CC(CCN(C)CCc1ccc(Br)s1)C(=O)O. The monoisotopic (exact) mass is 319 g/mol. The Labute approximate surface area is 115 Å². The van der Waals surface area contributed by atoms with Crippen molar-refractivity contribution in [2.45, 2.75) is 19.8 Å². The molecule has 0 saturated carbocycles. The summed E-state index contributed by atoms with van der Waals surface area (Å²) in [5.41, 5.74) is 0. The molecule has 0 aliphatic heterocycles. The van der Waals surface area contributed by atoms with Crippen LogP contribution >= 0.6 is 27.3 Å². The van der Waals surface area contributed by atoms with Gasteiger partial charge in [-0.3, -0.25) is 4.79 Å². The van der Waals surface area contributed by atoms with Crippen molar-refractivity contribution in [3.8, 4) is 0 Å². The van der Waals surface area contributed by atoms with Gasteiger partial charge in [0.05, 0.1) is 9.70 Å². The number of hydrogen-bond donors (Lipinski definition) is 1. The van der Waals surface area contributed by atoms with Gasteiger partial charge in [-0.2, -0.15) is 0 Å². The van der Waals surface area contributed by atoms with E-state index in [-0.39, 0.29) is 5.92 Å². The largest absolute Gasteiger partial charge is 0.481 e. The summed E-state index contributed by atoms with van der Waals surface area (Å²) in [6, 6.07) is 4.19. The van der Waals surface area contributed by atoms with E-state index in [0.29, 0.717) is 6.42 Å². The normalized spacial score (nSPS) is 12.9. The second-order valence-electron chi connectivity index (χ2n) is 4.29. The Morgan fingerprint density at radius 2 is 2.24 bits per heavy atom. The number of likely N-dealkylation sites (N-methyl/N-ethyl adjacent to an activating group) is 1. The first-order valence-corrected chi connectivity index (χ1v) is 7.25. The molecule has 1 N–H and O–H groups in total. The van der Waals surface area contributed by atoms with Crippen LogP contribution in [0.25, 0.3) is 0 Å². The van der Waals surface area contributed by atoms with E-state index < -0.39 is 5.97 Å². The van der Waals surface area contributed by atoms with Gasteiger partial charge < -0.3 is 10.0 Å². The number of thiophene rings is 1. The molecule has 96 valence electrons. The summed E-state index contributed by atoms with van der Waals surface area (Å²) in [5, 5.41) is 8.78. The van der Waals surface area contributed by atoms with Gasteiger partial charge in [-0.15, -0.1) is 11.3 Å². The highest BCUT2D eigenvalue weighted by Crippen LogP contribution is 2.22. The predicted octanol–water partition coefficient (Wildman–Crippen LogP) is 3.10. The summed E-state index contributed by atoms with van der Waals surface area (Å²) < 4.78 is 1.16. The van der Waals surface area contributed by atoms with Crippen LogP contribution in [0, 0.1) is 5.92 Å². The Balaban J connectivity index is 2.21. The van der Waals surface area contributed by atoms with Crippen molar-refractivity contribution in [1.82, 2.24) is 4.90 Å². The summed E-state index contributed by atoms with van der Waals surface area (Å²) >= 11 is 5.20. The van der Waals surface area contributed by atoms with Crippen molar-refractivity contribution < 1.29 is 9.90 Å². The number of carbonyl (C=O) groups is 1. The second kappa shape index (κ2) is 7.13. The average Bonchev–Trinajstić information content (AvgIpc) is 2.69. The number of halogens is 1. The summed E-state index contributed by atoms with van der Waals surface area (Å²) in [6.45, 7) is 3.56. The molecule has 0 saturated heterocycles. The maximum absolute atomic E-state index is 10.7. The molecule has 1 atom stereocenters. The third-order valence-corrected chi connectivity index (χ3v) is 4.42. The number of rotatable bonds is 7. The van der Waals surface area contributed by atoms with Gasteiger partial charge in [-0.1, -0.05) is 6.92 Å². The van der Waals surface area contributed by atoms with E-state index in [4.69, 9.17) is 5.11 Å². The van der Waals surface area contributed by atoms with Crippen LogP contribution in [0.1, 0.15) is 18.2 Å². The van der Waals surface area contributed by atoms with E-state index in [0.717, 1.165) is 23.3 Å². The van der Waals surface area contributed by atoms with Crippen LogP contribution < -0.4 is 0 Å². The molecule has 1 aromatic rings. The summed E-state index contributed by atoms with van der Waals surface area (Å²) in [7, 11) is 2.04. The lowest BCUT2D eigenvalue weighted by molar-refractivity contribution is -0.141. The third-order valence-electron chi connectivity index (χ3n) is 2.73. The molecular weight excluding hydrogens is 302 g/mol. The molecule has 17 heavy (non-hydrogen) atoms. The molecule has 1 aromatic heterocycles. The van der Waals surface area contributed by atoms with Crippen molar-refractivity contribution in [3.05, 3.63) is 20.8 Å². The molecule has 0 aliphatic carbocycles. The first-order valence-electron chi connectivity index (χ1n) is 5.64. The minimum Gasteiger partial charge on any atom is -0.481 e. The van der Waals surface area contributed by atoms with Gasteiger partial charge in [-0.05, 0) is 54.5 Å². The molecule has 0 bridgehead atoms. The van der Waals surface area contributed by atoms with E-state index in [9.17, 15) is 4.79 Å². The molecular formula is C12H18BrNO2S. The van der Waals surface area contributed by atoms with Gasteiger partial charge in [0.1, 0.15) is 0 Å². The average molecular weight is 320 g/mol. The molecule has 0 fully saturated rings. The molecule has 0 radical (unpaired) electrons. The molecule has 0 aromatic carbocycles. The summed E-state index contributed by atoms with van der Waals surface area (Å²) in [6.07, 6.45) is 1.73. The van der Waals surface area contributed by atoms with Gasteiger partial charge in [0.15, 0.2) is 0 Å². The Bertz CT molecular complexity index is 367. The second-order valence-corrected chi connectivity index (χ2v) is 6.83. The number of carboxylic acid groups (broad SMARTS) is 1. The summed E-state index contributed by atoms with van der Waals surface area (Å²) in [4.78, 5) is 14.2. The lowest BCUT2D eigenvalue weighted by Crippen LogP contribution is -2.25. The van der Waals surface area contributed by atoms with Crippen LogP contribution in [0.2, 0.25) is 0 Å². The van der Waals surface area contributed by atoms with Gasteiger partial charge in [-0.25, -0.2) is 0 Å². The van der Waals surface area contributed by atoms with Gasteiger partial charge in [0, 0.05) is 11.4 Å². The zero-order valence-corrected chi connectivity index (χ0v) is 12.6. The van der Waals surface area contributed by atoms with Crippen LogP contribution in [0.3, 0.4) is 0 Å². The third kappa shape index (κ3) is 5.66. The smallest absolute Gasteiger partial charge is 0.306 e. The van der Waals surface area contributed by atoms with E-state index >= 15 is 0 Å². The van der Waals surface area contributed by atoms with Crippen LogP contribution in [0.4, 0.5) is 0 Å². The number of aliphatic carboxylic acids is 1. The highest BCUT2D eigenvalue weighted by atomic mass is 79.9. The summed E-state index contributed by atoms with van der Waals surface area (Å²) in [5.74, 6) is -0.964. The first-order chi connectivity index (χ1) is 7.99. The fourth-order valence-electron chi connectivity index (χ4n) is 1.44. The van der Waals surface area contributed by atoms with Crippen molar-refractivity contribution in [2.24, 2.45) is 5.92 Å². The fourth-order valence-corrected chi connectivity index (χ4v) is 2.91. The first kappa shape index (κ1) is 14.7. The predicted molar refractivity (Wildman–Crippen MR) is 74.6 cm³/mol. The highest BCUT2D eigenvalue weighted by Gasteiger charge is 2.11. The topological polar surface area (TPSA) is 40.5 Å². The molecule has 0 aliphatic rings. The van der Waals surface area contributed by atoms with E-state index in [1.165, 1.54) is 4.88 Å². The van der Waals surface area contributed by atoms with Crippen molar-refractivity contribution in [3.63, 3.8) is 0 Å². The minimum absolute atomic E-state index is 0.256. The standard InChI is InChI=1S/C12H18BrNO2S/c1-9(12(15)16)5-7-14(2)8-6-10-3-4-11(13)17-10/h3-4,9H,5-8H2,1-2H3,(H,15,16). The quantitative estimate of drug-likeness (QED) is 0.839. The minimum atomic E-state index is -0.708. The number of nitrogens with zero attached hydrogens (tertiary/aromatic N) is 1. The Morgan fingerprint density at radius 3 is 2.76 bits per heavy atom. The molecule has 3 nitrogen and oxygen atoms in total. The van der Waals surface area contributed by atoms with E-state index in [1.807, 2.05) is 7.05 Å². The highest BCUT2D eigenvalue weighted by molar-refractivity contribution is 9.11. The van der Waals surface area contributed by atoms with Crippen molar-refractivity contribution in [1.29, 1.82) is 0 Å². The Hall–Kier alpha value is -0.390. The molecule has 0 spiro atoms. The van der Waals surface area contributed by atoms with Crippen molar-refractivity contribution >= 4 is 33.2 Å². The Morgan fingerprint density at radius 1 is 1.53 bits per heavy atom. The van der Waals surface area contributed by atoms with Gasteiger partial charge in [0.2, 0.25) is 0 Å². The maximum Gasteiger partial charge on any atom is 0.306 e. The van der Waals surface area contributed by atoms with E-state index in [2.05, 4.69) is 33.0 Å². The van der Waals surface area contributed by atoms with E-state index in [1.54, 1.807) is 18.3 Å². The van der Waals surface area contributed by atoms with Crippen LogP contribution in [-0.4, -0.2) is 36.1 Å². The number of hydrogen-bond acceptors (Lipinski definition) is 3. The van der Waals surface area contributed by atoms with Crippen molar-refractivity contribution in [2.75, 3.05) is 20.1 Å². The Kier molecular flexibility index (Phi) is 6.16. The van der Waals surface area contributed by atoms with Crippen LogP contribution in [-0.2, 0) is 11.2 Å².